The Morgan fingerprint density at radius 1 is 1.56 bits per heavy atom. The van der Waals surface area contributed by atoms with Crippen LogP contribution in [0.15, 0.2) is 18.5 Å². The Bertz CT molecular complexity index is 295. The summed E-state index contributed by atoms with van der Waals surface area (Å²) < 4.78 is 5.77. The van der Waals surface area contributed by atoms with E-state index in [1.54, 1.807) is 0 Å². The molecule has 2 atom stereocenters. The zero-order chi connectivity index (χ0) is 11.4. The van der Waals surface area contributed by atoms with Gasteiger partial charge in [0.2, 0.25) is 0 Å². The van der Waals surface area contributed by atoms with Gasteiger partial charge in [0.15, 0.2) is 0 Å². The highest BCUT2D eigenvalue weighted by atomic mass is 16.5. The zero-order valence-electron chi connectivity index (χ0n) is 10.2. The summed E-state index contributed by atoms with van der Waals surface area (Å²) in [6.45, 7) is 7.43. The van der Waals surface area contributed by atoms with Crippen LogP contribution in [0.25, 0.3) is 0 Å². The highest BCUT2D eigenvalue weighted by Crippen LogP contribution is 2.26. The molecule has 3 nitrogen and oxygen atoms in total. The molecule has 3 heteroatoms. The van der Waals surface area contributed by atoms with Crippen molar-refractivity contribution in [2.45, 2.75) is 32.9 Å². The molecule has 0 spiro atoms. The van der Waals surface area contributed by atoms with Crippen molar-refractivity contribution in [2.24, 2.45) is 11.8 Å². The number of ether oxygens (including phenoxy) is 1. The van der Waals surface area contributed by atoms with Gasteiger partial charge < -0.3 is 15.0 Å². The van der Waals surface area contributed by atoms with Crippen LogP contribution in [0.3, 0.4) is 0 Å². The molecule has 90 valence electrons. The third kappa shape index (κ3) is 2.86. The standard InChI is InChI=1S/C13H22N2O/c1-10(2)13-12(4-6-16-13)9-15-8-11-3-5-14-7-11/h3,5,7,10,12-15H,4,6,8-9H2,1-2H3. The number of rotatable bonds is 5. The first-order valence-corrected chi connectivity index (χ1v) is 6.21. The Kier molecular flexibility index (Phi) is 4.02. The lowest BCUT2D eigenvalue weighted by atomic mass is 9.93. The second kappa shape index (κ2) is 5.51. The summed E-state index contributed by atoms with van der Waals surface area (Å²) in [4.78, 5) is 3.07. The second-order valence-electron chi connectivity index (χ2n) is 4.98. The number of hydrogen-bond acceptors (Lipinski definition) is 2. The fourth-order valence-electron chi connectivity index (χ4n) is 2.48. The molecule has 1 saturated heterocycles. The maximum Gasteiger partial charge on any atom is 0.0639 e. The maximum absolute atomic E-state index is 5.77. The fraction of sp³-hybridized carbons (Fsp3) is 0.692. The molecule has 0 radical (unpaired) electrons. The SMILES string of the molecule is CC(C)C1OCCC1CNCc1cc[nH]c1. The highest BCUT2D eigenvalue weighted by molar-refractivity contribution is 5.07. The molecule has 0 saturated carbocycles. The maximum atomic E-state index is 5.77. The van der Waals surface area contributed by atoms with Crippen LogP contribution in [0.5, 0.6) is 0 Å². The monoisotopic (exact) mass is 222 g/mol. The van der Waals surface area contributed by atoms with Crippen LogP contribution in [0.2, 0.25) is 0 Å². The first-order chi connectivity index (χ1) is 7.77. The van der Waals surface area contributed by atoms with Crippen molar-refractivity contribution in [2.75, 3.05) is 13.2 Å². The number of nitrogens with one attached hydrogen (secondary N) is 2. The normalized spacial score (nSPS) is 25.4. The Morgan fingerprint density at radius 3 is 3.12 bits per heavy atom. The average Bonchev–Trinajstić information content (AvgIpc) is 2.87. The molecule has 0 aliphatic carbocycles. The van der Waals surface area contributed by atoms with Gasteiger partial charge in [0.25, 0.3) is 0 Å². The van der Waals surface area contributed by atoms with Crippen LogP contribution in [0.1, 0.15) is 25.8 Å². The van der Waals surface area contributed by atoms with Gasteiger partial charge in [-0.25, -0.2) is 0 Å². The van der Waals surface area contributed by atoms with Crippen LogP contribution < -0.4 is 5.32 Å². The zero-order valence-corrected chi connectivity index (χ0v) is 10.2. The summed E-state index contributed by atoms with van der Waals surface area (Å²) >= 11 is 0. The van der Waals surface area contributed by atoms with E-state index in [4.69, 9.17) is 4.74 Å². The first kappa shape index (κ1) is 11.7. The summed E-state index contributed by atoms with van der Waals surface area (Å²) in [5.41, 5.74) is 1.32. The molecule has 0 amide bonds. The van der Waals surface area contributed by atoms with E-state index in [1.165, 1.54) is 12.0 Å². The van der Waals surface area contributed by atoms with Crippen LogP contribution in [0, 0.1) is 11.8 Å². The van der Waals surface area contributed by atoms with Gasteiger partial charge >= 0.3 is 0 Å². The molecule has 1 aliphatic heterocycles. The number of hydrogen-bond donors (Lipinski definition) is 2. The van der Waals surface area contributed by atoms with E-state index in [2.05, 4.69) is 30.2 Å². The lowest BCUT2D eigenvalue weighted by Gasteiger charge is -2.22. The van der Waals surface area contributed by atoms with Gasteiger partial charge in [0.1, 0.15) is 0 Å². The summed E-state index contributed by atoms with van der Waals surface area (Å²) in [5.74, 6) is 1.31. The Hall–Kier alpha value is -0.800. The first-order valence-electron chi connectivity index (χ1n) is 6.21. The molecule has 1 aliphatic rings. The third-order valence-electron chi connectivity index (χ3n) is 3.32. The van der Waals surface area contributed by atoms with Crippen LogP contribution in [0.4, 0.5) is 0 Å². The van der Waals surface area contributed by atoms with Gasteiger partial charge in [-0.15, -0.1) is 0 Å². The second-order valence-corrected chi connectivity index (χ2v) is 4.98. The van der Waals surface area contributed by atoms with Gasteiger partial charge in [-0.1, -0.05) is 13.8 Å². The summed E-state index contributed by atoms with van der Waals surface area (Å²) in [5, 5.41) is 3.51. The minimum Gasteiger partial charge on any atom is -0.378 e. The van der Waals surface area contributed by atoms with Gasteiger partial charge in [0, 0.05) is 32.1 Å². The quantitative estimate of drug-likeness (QED) is 0.801. The van der Waals surface area contributed by atoms with E-state index in [9.17, 15) is 0 Å². The fourth-order valence-corrected chi connectivity index (χ4v) is 2.48. The Morgan fingerprint density at radius 2 is 2.44 bits per heavy atom. The molecular formula is C13H22N2O. The van der Waals surface area contributed by atoms with Crippen molar-refractivity contribution >= 4 is 0 Å². The predicted molar refractivity (Wildman–Crippen MR) is 65.2 cm³/mol. The number of aromatic nitrogens is 1. The molecule has 0 bridgehead atoms. The van der Waals surface area contributed by atoms with Crippen LogP contribution in [-0.4, -0.2) is 24.2 Å². The lowest BCUT2D eigenvalue weighted by molar-refractivity contribution is 0.0539. The van der Waals surface area contributed by atoms with Crippen molar-refractivity contribution in [1.29, 1.82) is 0 Å². The van der Waals surface area contributed by atoms with Crippen LogP contribution >= 0.6 is 0 Å². The van der Waals surface area contributed by atoms with E-state index >= 15 is 0 Å². The van der Waals surface area contributed by atoms with Crippen molar-refractivity contribution in [3.63, 3.8) is 0 Å². The van der Waals surface area contributed by atoms with Crippen molar-refractivity contribution < 1.29 is 4.74 Å². The molecule has 2 rings (SSSR count). The van der Waals surface area contributed by atoms with Gasteiger partial charge in [0.05, 0.1) is 6.10 Å². The van der Waals surface area contributed by atoms with E-state index < -0.39 is 0 Å². The highest BCUT2D eigenvalue weighted by Gasteiger charge is 2.29. The molecule has 2 N–H and O–H groups in total. The molecule has 0 aromatic carbocycles. The summed E-state index contributed by atoms with van der Waals surface area (Å²) in [6, 6.07) is 2.11. The van der Waals surface area contributed by atoms with E-state index in [0.717, 1.165) is 19.7 Å². The van der Waals surface area contributed by atoms with Gasteiger partial charge in [-0.2, -0.15) is 0 Å². The molecule has 1 aromatic heterocycles. The summed E-state index contributed by atoms with van der Waals surface area (Å²) in [6.07, 6.45) is 5.65. The molecule has 16 heavy (non-hydrogen) atoms. The van der Waals surface area contributed by atoms with Crippen LogP contribution in [-0.2, 0) is 11.3 Å². The van der Waals surface area contributed by atoms with Gasteiger partial charge in [-0.05, 0) is 29.9 Å². The molecule has 1 aromatic rings. The minimum atomic E-state index is 0.443. The molecule has 1 fully saturated rings. The minimum absolute atomic E-state index is 0.443. The Labute approximate surface area is 97.6 Å². The third-order valence-corrected chi connectivity index (χ3v) is 3.32. The largest absolute Gasteiger partial charge is 0.378 e. The lowest BCUT2D eigenvalue weighted by Crippen LogP contribution is -2.31. The molecule has 2 unspecified atom stereocenters. The van der Waals surface area contributed by atoms with Crippen molar-refractivity contribution in [3.8, 4) is 0 Å². The Balaban J connectivity index is 1.73. The topological polar surface area (TPSA) is 37.0 Å². The average molecular weight is 222 g/mol. The van der Waals surface area contributed by atoms with Gasteiger partial charge in [-0.3, -0.25) is 0 Å². The van der Waals surface area contributed by atoms with Crippen molar-refractivity contribution in [1.82, 2.24) is 10.3 Å². The van der Waals surface area contributed by atoms with E-state index in [-0.39, 0.29) is 0 Å². The molecular weight excluding hydrogens is 200 g/mol. The number of H-pyrrole nitrogens is 1. The van der Waals surface area contributed by atoms with E-state index in [0.29, 0.717) is 17.9 Å². The smallest absolute Gasteiger partial charge is 0.0639 e. The summed E-state index contributed by atoms with van der Waals surface area (Å²) in [7, 11) is 0. The van der Waals surface area contributed by atoms with E-state index in [1.807, 2.05) is 12.4 Å². The number of aromatic amines is 1. The predicted octanol–water partition coefficient (Wildman–Crippen LogP) is 2.17. The molecule has 2 heterocycles. The van der Waals surface area contributed by atoms with Crippen molar-refractivity contribution in [3.05, 3.63) is 24.0 Å².